The standard InChI is InChI=1S/C21H25F2N7O/c1-12(2)17(23)11-26-20(31)16-10-25-19(30-21-27-8-13(7-24)9-28-21)6-18(16)29-15-4-3-14(22)5-15/h6,8-10,12,14-15,17H,3-5,11H2,1-2H3,(H,26,31)(H2,25,27,28,29,30)/t14?,15?,17-/m1/s1. The topological polar surface area (TPSA) is 116 Å². The molecule has 1 aliphatic rings. The quantitative estimate of drug-likeness (QED) is 0.588. The summed E-state index contributed by atoms with van der Waals surface area (Å²) in [6.45, 7) is 3.38. The van der Waals surface area contributed by atoms with Gasteiger partial charge >= 0.3 is 0 Å². The van der Waals surface area contributed by atoms with Gasteiger partial charge in [0.2, 0.25) is 5.95 Å². The zero-order valence-electron chi connectivity index (χ0n) is 17.4. The van der Waals surface area contributed by atoms with E-state index < -0.39 is 18.3 Å². The van der Waals surface area contributed by atoms with Crippen molar-refractivity contribution in [3.8, 4) is 6.07 Å². The van der Waals surface area contributed by atoms with Gasteiger partial charge in [0, 0.05) is 24.8 Å². The van der Waals surface area contributed by atoms with Gasteiger partial charge in [-0.3, -0.25) is 4.79 Å². The molecule has 2 aromatic rings. The molecule has 0 aromatic carbocycles. The summed E-state index contributed by atoms with van der Waals surface area (Å²) >= 11 is 0. The first-order valence-electron chi connectivity index (χ1n) is 10.2. The summed E-state index contributed by atoms with van der Waals surface area (Å²) in [5, 5.41) is 17.6. The second-order valence-corrected chi connectivity index (χ2v) is 7.87. The Kier molecular flexibility index (Phi) is 7.28. The second kappa shape index (κ2) is 10.1. The zero-order valence-corrected chi connectivity index (χ0v) is 17.4. The van der Waals surface area contributed by atoms with Crippen LogP contribution in [0.5, 0.6) is 0 Å². The number of carbonyl (C=O) groups excluding carboxylic acids is 1. The van der Waals surface area contributed by atoms with Crippen molar-refractivity contribution in [2.75, 3.05) is 17.2 Å². The third-order valence-electron chi connectivity index (χ3n) is 5.08. The minimum atomic E-state index is -1.16. The van der Waals surface area contributed by atoms with Crippen LogP contribution in [0.3, 0.4) is 0 Å². The number of rotatable bonds is 8. The Hall–Kier alpha value is -3.35. The Balaban J connectivity index is 1.79. The van der Waals surface area contributed by atoms with Crippen LogP contribution in [0.15, 0.2) is 24.7 Å². The van der Waals surface area contributed by atoms with Crippen molar-refractivity contribution >= 4 is 23.4 Å². The summed E-state index contributed by atoms with van der Waals surface area (Å²) in [5.41, 5.74) is 1.02. The van der Waals surface area contributed by atoms with Gasteiger partial charge in [-0.1, -0.05) is 13.8 Å². The molecule has 0 saturated heterocycles. The molecule has 3 N–H and O–H groups in total. The predicted octanol–water partition coefficient (Wildman–Crippen LogP) is 3.51. The SMILES string of the molecule is CC(C)[C@H](F)CNC(=O)c1cnc(Nc2ncc(C#N)cn2)cc1NC1CCC(F)C1. The normalized spacial score (nSPS) is 19.0. The van der Waals surface area contributed by atoms with E-state index in [1.807, 2.05) is 6.07 Å². The first kappa shape index (κ1) is 22.3. The number of nitrogens with zero attached hydrogens (tertiary/aromatic N) is 4. The minimum absolute atomic E-state index is 0.106. The van der Waals surface area contributed by atoms with E-state index in [9.17, 15) is 13.6 Å². The smallest absolute Gasteiger partial charge is 0.255 e. The number of hydrogen-bond acceptors (Lipinski definition) is 7. The number of aromatic nitrogens is 3. The summed E-state index contributed by atoms with van der Waals surface area (Å²) in [4.78, 5) is 25.0. The fourth-order valence-electron chi connectivity index (χ4n) is 3.19. The Labute approximate surface area is 179 Å². The number of amides is 1. The molecule has 0 spiro atoms. The van der Waals surface area contributed by atoms with Crippen LogP contribution in [0.4, 0.5) is 26.2 Å². The van der Waals surface area contributed by atoms with E-state index in [2.05, 4.69) is 30.9 Å². The molecular formula is C21H25F2N7O. The first-order chi connectivity index (χ1) is 14.9. The van der Waals surface area contributed by atoms with Crippen molar-refractivity contribution in [3.05, 3.63) is 35.8 Å². The third-order valence-corrected chi connectivity index (χ3v) is 5.08. The fourth-order valence-corrected chi connectivity index (χ4v) is 3.19. The zero-order chi connectivity index (χ0) is 22.4. The van der Waals surface area contributed by atoms with E-state index in [-0.39, 0.29) is 30.0 Å². The fraction of sp³-hybridized carbons (Fsp3) is 0.476. The highest BCUT2D eigenvalue weighted by Gasteiger charge is 2.26. The highest BCUT2D eigenvalue weighted by Crippen LogP contribution is 2.28. The summed E-state index contributed by atoms with van der Waals surface area (Å²) in [5.74, 6) is -0.0788. The Morgan fingerprint density at radius 3 is 2.61 bits per heavy atom. The second-order valence-electron chi connectivity index (χ2n) is 7.87. The van der Waals surface area contributed by atoms with Crippen LogP contribution >= 0.6 is 0 Å². The highest BCUT2D eigenvalue weighted by molar-refractivity contribution is 5.99. The molecule has 3 atom stereocenters. The Bertz CT molecular complexity index is 946. The number of halogens is 2. The van der Waals surface area contributed by atoms with Gasteiger partial charge in [-0.2, -0.15) is 5.26 Å². The maximum atomic E-state index is 13.9. The van der Waals surface area contributed by atoms with Crippen LogP contribution in [0, 0.1) is 17.2 Å². The molecule has 1 fully saturated rings. The van der Waals surface area contributed by atoms with Crippen LogP contribution < -0.4 is 16.0 Å². The van der Waals surface area contributed by atoms with E-state index in [1.165, 1.54) is 18.6 Å². The Morgan fingerprint density at radius 1 is 1.26 bits per heavy atom. The van der Waals surface area contributed by atoms with Crippen molar-refractivity contribution in [2.45, 2.75) is 51.5 Å². The molecule has 1 aliphatic carbocycles. The van der Waals surface area contributed by atoms with Crippen LogP contribution in [0.1, 0.15) is 49.0 Å². The number of hydrogen-bond donors (Lipinski definition) is 3. The molecule has 1 saturated carbocycles. The summed E-state index contributed by atoms with van der Waals surface area (Å²) in [7, 11) is 0. The minimum Gasteiger partial charge on any atom is -0.381 e. The molecule has 3 rings (SSSR count). The maximum Gasteiger partial charge on any atom is 0.255 e. The van der Waals surface area contributed by atoms with Crippen molar-refractivity contribution in [1.82, 2.24) is 20.3 Å². The van der Waals surface area contributed by atoms with Crippen LogP contribution in [-0.2, 0) is 0 Å². The molecule has 10 heteroatoms. The monoisotopic (exact) mass is 429 g/mol. The number of anilines is 3. The van der Waals surface area contributed by atoms with Gasteiger partial charge in [0.1, 0.15) is 24.2 Å². The molecule has 0 aliphatic heterocycles. The van der Waals surface area contributed by atoms with Gasteiger partial charge in [0.15, 0.2) is 0 Å². The largest absolute Gasteiger partial charge is 0.381 e. The van der Waals surface area contributed by atoms with Crippen LogP contribution in [0.2, 0.25) is 0 Å². The summed E-state index contributed by atoms with van der Waals surface area (Å²) in [6, 6.07) is 3.43. The van der Waals surface area contributed by atoms with Crippen molar-refractivity contribution in [3.63, 3.8) is 0 Å². The average molecular weight is 429 g/mol. The third kappa shape index (κ3) is 6.07. The lowest BCUT2D eigenvalue weighted by atomic mass is 10.1. The molecule has 1 amide bonds. The molecule has 2 unspecified atom stereocenters. The molecule has 0 radical (unpaired) electrons. The van der Waals surface area contributed by atoms with E-state index in [1.54, 1.807) is 19.9 Å². The number of nitriles is 1. The van der Waals surface area contributed by atoms with E-state index in [0.29, 0.717) is 36.3 Å². The van der Waals surface area contributed by atoms with Gasteiger partial charge in [0.05, 0.1) is 29.2 Å². The maximum absolute atomic E-state index is 13.9. The summed E-state index contributed by atoms with van der Waals surface area (Å²) in [6.07, 6.45) is 3.54. The first-order valence-corrected chi connectivity index (χ1v) is 10.2. The number of alkyl halides is 2. The van der Waals surface area contributed by atoms with Gasteiger partial charge in [-0.25, -0.2) is 23.7 Å². The van der Waals surface area contributed by atoms with E-state index in [4.69, 9.17) is 5.26 Å². The highest BCUT2D eigenvalue weighted by atomic mass is 19.1. The number of carbonyl (C=O) groups is 1. The summed E-state index contributed by atoms with van der Waals surface area (Å²) < 4.78 is 27.5. The van der Waals surface area contributed by atoms with Gasteiger partial charge in [-0.15, -0.1) is 0 Å². The van der Waals surface area contributed by atoms with Crippen molar-refractivity contribution in [1.29, 1.82) is 5.26 Å². The molecular weight excluding hydrogens is 404 g/mol. The van der Waals surface area contributed by atoms with Crippen LogP contribution in [-0.4, -0.2) is 45.8 Å². The van der Waals surface area contributed by atoms with Crippen molar-refractivity contribution < 1.29 is 13.6 Å². The molecule has 164 valence electrons. The lowest BCUT2D eigenvalue weighted by Crippen LogP contribution is -2.33. The lowest BCUT2D eigenvalue weighted by molar-refractivity contribution is 0.0935. The molecule has 2 aromatic heterocycles. The molecule has 2 heterocycles. The average Bonchev–Trinajstić information content (AvgIpc) is 3.17. The van der Waals surface area contributed by atoms with Crippen molar-refractivity contribution in [2.24, 2.45) is 5.92 Å². The van der Waals surface area contributed by atoms with Crippen LogP contribution in [0.25, 0.3) is 0 Å². The van der Waals surface area contributed by atoms with Gasteiger partial charge in [0.25, 0.3) is 5.91 Å². The van der Waals surface area contributed by atoms with Gasteiger partial charge in [-0.05, 0) is 25.2 Å². The predicted molar refractivity (Wildman–Crippen MR) is 112 cm³/mol. The lowest BCUT2D eigenvalue weighted by Gasteiger charge is -2.19. The molecule has 31 heavy (non-hydrogen) atoms. The number of nitrogens with one attached hydrogen (secondary N) is 3. The van der Waals surface area contributed by atoms with E-state index >= 15 is 0 Å². The molecule has 8 nitrogen and oxygen atoms in total. The van der Waals surface area contributed by atoms with E-state index in [0.717, 1.165) is 0 Å². The number of pyridine rings is 1. The Morgan fingerprint density at radius 2 is 2.00 bits per heavy atom. The van der Waals surface area contributed by atoms with Gasteiger partial charge < -0.3 is 16.0 Å². The molecule has 0 bridgehead atoms.